The first-order valence-electron chi connectivity index (χ1n) is 14.3. The number of nitrogens with two attached hydrogens (primary N) is 1. The topological polar surface area (TPSA) is 136 Å². The van der Waals surface area contributed by atoms with Gasteiger partial charge in [-0.05, 0) is 48.7 Å². The summed E-state index contributed by atoms with van der Waals surface area (Å²) in [6, 6.07) is 15.4. The minimum atomic E-state index is -0.124. The number of nitrogens with one attached hydrogen (secondary N) is 3. The summed E-state index contributed by atoms with van der Waals surface area (Å²) in [7, 11) is 0. The van der Waals surface area contributed by atoms with Crippen LogP contribution in [0.2, 0.25) is 0 Å². The number of H-pyrrole nitrogens is 1. The fraction of sp³-hybridized carbons (Fsp3) is 0.355. The third-order valence-electron chi connectivity index (χ3n) is 7.35. The standard InChI is InChI=1S/C31H38N8O2/c1-2-3-4-15-39(38-16-18-41-19-17-38)31-35-14-12-27(37-31)23-6-8-24(9-7-23)30(40)34-13-11-22-5-10-28-25(20-22)26(21-36-28)29(32)33/h5-10,12,14,20-21,36H,2-4,11,13,15-19H2,1H3,(H3,32,33)(H,34,40). The van der Waals surface area contributed by atoms with Crippen molar-refractivity contribution in [3.05, 3.63) is 77.6 Å². The Balaban J connectivity index is 1.21. The van der Waals surface area contributed by atoms with E-state index in [9.17, 15) is 4.79 Å². The molecule has 2 aromatic carbocycles. The highest BCUT2D eigenvalue weighted by atomic mass is 16.5. The average molecular weight is 555 g/mol. The summed E-state index contributed by atoms with van der Waals surface area (Å²) in [5.41, 5.74) is 10.7. The summed E-state index contributed by atoms with van der Waals surface area (Å²) in [4.78, 5) is 25.5. The first-order chi connectivity index (χ1) is 20.0. The third-order valence-corrected chi connectivity index (χ3v) is 7.35. The van der Waals surface area contributed by atoms with E-state index < -0.39 is 0 Å². The van der Waals surface area contributed by atoms with Crippen LogP contribution in [0.25, 0.3) is 22.2 Å². The van der Waals surface area contributed by atoms with Gasteiger partial charge in [0.1, 0.15) is 5.84 Å². The number of unbranched alkanes of at least 4 members (excludes halogenated alkanes) is 2. The SMILES string of the molecule is CCCCCN(c1nccc(-c2ccc(C(=O)NCCc3ccc4[nH]cc(C(=N)N)c4c3)cc2)n1)N1CCOCC1. The molecule has 0 aliphatic carbocycles. The van der Waals surface area contributed by atoms with Crippen molar-refractivity contribution in [2.24, 2.45) is 5.73 Å². The molecule has 0 bridgehead atoms. The molecule has 0 atom stereocenters. The maximum atomic E-state index is 12.8. The molecule has 1 aliphatic rings. The van der Waals surface area contributed by atoms with E-state index in [1.807, 2.05) is 48.5 Å². The van der Waals surface area contributed by atoms with Crippen molar-refractivity contribution in [1.82, 2.24) is 25.3 Å². The Bertz CT molecular complexity index is 1480. The van der Waals surface area contributed by atoms with Gasteiger partial charge in [-0.3, -0.25) is 15.2 Å². The van der Waals surface area contributed by atoms with Crippen molar-refractivity contribution in [3.8, 4) is 11.3 Å². The van der Waals surface area contributed by atoms with Crippen molar-refractivity contribution in [3.63, 3.8) is 0 Å². The number of hydrogen-bond donors (Lipinski definition) is 4. The third kappa shape index (κ3) is 6.90. The van der Waals surface area contributed by atoms with Gasteiger partial charge in [0, 0.05) is 66.2 Å². The Labute approximate surface area is 240 Å². The number of benzene rings is 2. The van der Waals surface area contributed by atoms with Crippen LogP contribution in [-0.4, -0.2) is 71.1 Å². The molecule has 1 saturated heterocycles. The predicted octanol–water partition coefficient (Wildman–Crippen LogP) is 4.13. The lowest BCUT2D eigenvalue weighted by Gasteiger charge is -2.37. The second-order valence-corrected chi connectivity index (χ2v) is 10.2. The molecule has 10 heteroatoms. The number of aromatic amines is 1. The molecule has 0 unspecified atom stereocenters. The molecular weight excluding hydrogens is 516 g/mol. The summed E-state index contributed by atoms with van der Waals surface area (Å²) in [5, 5.41) is 16.2. The van der Waals surface area contributed by atoms with Crippen LogP contribution in [0, 0.1) is 5.41 Å². The van der Waals surface area contributed by atoms with Crippen molar-refractivity contribution in [2.45, 2.75) is 32.6 Å². The molecule has 2 aromatic heterocycles. The predicted molar refractivity (Wildman–Crippen MR) is 162 cm³/mol. The van der Waals surface area contributed by atoms with E-state index in [1.165, 1.54) is 0 Å². The van der Waals surface area contributed by atoms with E-state index >= 15 is 0 Å². The summed E-state index contributed by atoms with van der Waals surface area (Å²) in [6.45, 7) is 6.63. The summed E-state index contributed by atoms with van der Waals surface area (Å²) >= 11 is 0. The van der Waals surface area contributed by atoms with E-state index in [2.05, 4.69) is 32.2 Å². The first kappa shape index (κ1) is 28.3. The molecule has 3 heterocycles. The Morgan fingerprint density at radius 2 is 1.95 bits per heavy atom. The zero-order valence-corrected chi connectivity index (χ0v) is 23.5. The second-order valence-electron chi connectivity index (χ2n) is 10.2. The van der Waals surface area contributed by atoms with Crippen LogP contribution in [0.15, 0.2) is 60.9 Å². The number of morpholine rings is 1. The summed E-state index contributed by atoms with van der Waals surface area (Å²) in [5.74, 6) is 0.599. The Morgan fingerprint density at radius 3 is 2.71 bits per heavy atom. The number of anilines is 1. The number of rotatable bonds is 12. The quantitative estimate of drug-likeness (QED) is 0.117. The average Bonchev–Trinajstić information content (AvgIpc) is 3.44. The number of nitrogen functional groups attached to an aromatic ring is 1. The van der Waals surface area contributed by atoms with Gasteiger partial charge in [0.15, 0.2) is 0 Å². The number of hydrazine groups is 1. The van der Waals surface area contributed by atoms with Crippen LogP contribution in [-0.2, 0) is 11.2 Å². The zero-order valence-electron chi connectivity index (χ0n) is 23.5. The Kier molecular flexibility index (Phi) is 9.22. The molecule has 1 amide bonds. The summed E-state index contributed by atoms with van der Waals surface area (Å²) in [6.07, 6.45) is 7.61. The lowest BCUT2D eigenvalue weighted by molar-refractivity contribution is 0.0306. The minimum absolute atomic E-state index is 0.0322. The highest BCUT2D eigenvalue weighted by Crippen LogP contribution is 2.22. The highest BCUT2D eigenvalue weighted by molar-refractivity contribution is 6.07. The molecule has 10 nitrogen and oxygen atoms in total. The molecule has 1 aliphatic heterocycles. The van der Waals surface area contributed by atoms with Crippen LogP contribution in [0.3, 0.4) is 0 Å². The van der Waals surface area contributed by atoms with Gasteiger partial charge in [-0.2, -0.15) is 0 Å². The normalized spacial score (nSPS) is 13.8. The van der Waals surface area contributed by atoms with Gasteiger partial charge in [-0.15, -0.1) is 0 Å². The molecule has 0 radical (unpaired) electrons. The maximum Gasteiger partial charge on any atom is 0.251 e. The second kappa shape index (κ2) is 13.4. The molecule has 0 spiro atoms. The first-order valence-corrected chi connectivity index (χ1v) is 14.3. The maximum absolute atomic E-state index is 12.8. The number of nitrogens with zero attached hydrogens (tertiary/aromatic N) is 4. The van der Waals surface area contributed by atoms with E-state index in [1.54, 1.807) is 12.4 Å². The number of amidine groups is 1. The van der Waals surface area contributed by atoms with E-state index in [4.69, 9.17) is 20.9 Å². The number of amides is 1. The van der Waals surface area contributed by atoms with Crippen LogP contribution >= 0.6 is 0 Å². The van der Waals surface area contributed by atoms with Crippen LogP contribution in [0.5, 0.6) is 0 Å². The van der Waals surface area contributed by atoms with Crippen LogP contribution < -0.4 is 16.1 Å². The van der Waals surface area contributed by atoms with Crippen LogP contribution in [0.4, 0.5) is 5.95 Å². The molecule has 1 fully saturated rings. The van der Waals surface area contributed by atoms with Gasteiger partial charge < -0.3 is 20.8 Å². The number of fused-ring (bicyclic) bond motifs is 1. The number of carbonyl (C=O) groups excluding carboxylic acids is 1. The van der Waals surface area contributed by atoms with Gasteiger partial charge >= 0.3 is 0 Å². The van der Waals surface area contributed by atoms with Gasteiger partial charge in [0.2, 0.25) is 5.95 Å². The zero-order chi connectivity index (χ0) is 28.6. The van der Waals surface area contributed by atoms with Crippen molar-refractivity contribution >= 4 is 28.6 Å². The fourth-order valence-corrected chi connectivity index (χ4v) is 5.07. The summed E-state index contributed by atoms with van der Waals surface area (Å²) < 4.78 is 5.55. The molecular formula is C31H38N8O2. The Hall–Kier alpha value is -4.28. The van der Waals surface area contributed by atoms with Crippen molar-refractivity contribution in [2.75, 3.05) is 44.4 Å². The van der Waals surface area contributed by atoms with Gasteiger partial charge in [0.05, 0.1) is 18.9 Å². The van der Waals surface area contributed by atoms with E-state index in [0.29, 0.717) is 43.3 Å². The molecule has 0 saturated carbocycles. The van der Waals surface area contributed by atoms with E-state index in [-0.39, 0.29) is 11.7 Å². The monoisotopic (exact) mass is 554 g/mol. The number of carbonyl (C=O) groups is 1. The molecule has 214 valence electrons. The highest BCUT2D eigenvalue weighted by Gasteiger charge is 2.21. The minimum Gasteiger partial charge on any atom is -0.384 e. The largest absolute Gasteiger partial charge is 0.384 e. The molecule has 5 N–H and O–H groups in total. The van der Waals surface area contributed by atoms with Gasteiger partial charge in [0.25, 0.3) is 5.91 Å². The number of hydrogen-bond acceptors (Lipinski definition) is 7. The van der Waals surface area contributed by atoms with Gasteiger partial charge in [-0.1, -0.05) is 38.0 Å². The number of aromatic nitrogens is 3. The number of ether oxygens (including phenoxy) is 1. The molecule has 5 rings (SSSR count). The molecule has 4 aromatic rings. The van der Waals surface area contributed by atoms with Crippen molar-refractivity contribution in [1.29, 1.82) is 5.41 Å². The van der Waals surface area contributed by atoms with Gasteiger partial charge in [-0.25, -0.2) is 15.0 Å². The smallest absolute Gasteiger partial charge is 0.251 e. The Morgan fingerprint density at radius 1 is 1.15 bits per heavy atom. The van der Waals surface area contributed by atoms with Crippen LogP contribution in [0.1, 0.15) is 47.7 Å². The van der Waals surface area contributed by atoms with E-state index in [0.717, 1.165) is 66.6 Å². The lowest BCUT2D eigenvalue weighted by atomic mass is 10.1. The molecule has 41 heavy (non-hydrogen) atoms. The lowest BCUT2D eigenvalue weighted by Crippen LogP contribution is -2.50. The fourth-order valence-electron chi connectivity index (χ4n) is 5.07. The van der Waals surface area contributed by atoms with Crippen molar-refractivity contribution < 1.29 is 9.53 Å².